The van der Waals surface area contributed by atoms with Gasteiger partial charge in [-0.2, -0.15) is 0 Å². The van der Waals surface area contributed by atoms with Crippen LogP contribution in [0, 0.1) is 0 Å². The van der Waals surface area contributed by atoms with Crippen molar-refractivity contribution in [2.45, 2.75) is 33.8 Å². The lowest BCUT2D eigenvalue weighted by Crippen LogP contribution is -2.29. The minimum atomic E-state index is -0.833. The molecule has 0 saturated carbocycles. The molecule has 0 amide bonds. The number of carboxylic acids is 1. The number of halogens is 2. The molecule has 1 N–H and O–H groups in total. The molecule has 0 unspecified atom stereocenters. The Balaban J connectivity index is 0.000000535. The molecule has 0 saturated heterocycles. The summed E-state index contributed by atoms with van der Waals surface area (Å²) in [6, 6.07) is 15.6. The number of carbonyl (C=O) groups excluding carboxylic acids is 3. The summed E-state index contributed by atoms with van der Waals surface area (Å²) >= 11 is 12.0. The molecule has 10 heteroatoms. The van der Waals surface area contributed by atoms with Crippen LogP contribution in [0.3, 0.4) is 0 Å². The second-order valence-corrected chi connectivity index (χ2v) is 7.11. The molecule has 180 valence electrons. The van der Waals surface area contributed by atoms with Crippen molar-refractivity contribution in [2.75, 3.05) is 13.2 Å². The number of ether oxygens (including phenoxy) is 3. The van der Waals surface area contributed by atoms with Crippen LogP contribution in [0.5, 0.6) is 0 Å². The highest BCUT2D eigenvalue weighted by atomic mass is 35.5. The van der Waals surface area contributed by atoms with Crippen LogP contribution in [-0.2, 0) is 33.4 Å². The van der Waals surface area contributed by atoms with Crippen molar-refractivity contribution in [2.24, 2.45) is 0 Å². The van der Waals surface area contributed by atoms with Gasteiger partial charge >= 0.3 is 17.9 Å². The van der Waals surface area contributed by atoms with E-state index >= 15 is 0 Å². The molecule has 33 heavy (non-hydrogen) atoms. The van der Waals surface area contributed by atoms with Crippen molar-refractivity contribution < 1.29 is 38.5 Å². The van der Waals surface area contributed by atoms with E-state index in [1.54, 1.807) is 6.07 Å². The van der Waals surface area contributed by atoms with Gasteiger partial charge in [-0.05, 0) is 11.6 Å². The smallest absolute Gasteiger partial charge is 0.303 e. The molecule has 0 spiro atoms. The van der Waals surface area contributed by atoms with Crippen LogP contribution in [0.1, 0.15) is 27.7 Å². The van der Waals surface area contributed by atoms with Gasteiger partial charge in [-0.25, -0.2) is 0 Å². The molecular weight excluding hydrogens is 475 g/mol. The molecular formula is C23H26Cl2O8. The topological polar surface area (TPSA) is 116 Å². The van der Waals surface area contributed by atoms with Gasteiger partial charge in [-0.1, -0.05) is 65.7 Å². The number of hydrogen-bond donors (Lipinski definition) is 1. The largest absolute Gasteiger partial charge is 0.481 e. The highest BCUT2D eigenvalue weighted by molar-refractivity contribution is 6.43. The fraction of sp³-hybridized carbons (Fsp3) is 0.304. The normalized spacial score (nSPS) is 9.42. The Morgan fingerprint density at radius 2 is 1.27 bits per heavy atom. The minimum Gasteiger partial charge on any atom is -0.481 e. The van der Waals surface area contributed by atoms with Gasteiger partial charge in [0.2, 0.25) is 0 Å². The van der Waals surface area contributed by atoms with Crippen LogP contribution >= 0.6 is 23.2 Å². The van der Waals surface area contributed by atoms with Crippen LogP contribution in [0.15, 0.2) is 48.5 Å². The molecule has 0 aliphatic carbocycles. The van der Waals surface area contributed by atoms with E-state index < -0.39 is 30.0 Å². The molecule has 2 rings (SSSR count). The van der Waals surface area contributed by atoms with Crippen LogP contribution in [-0.4, -0.2) is 48.3 Å². The average molecular weight is 501 g/mol. The molecule has 0 radical (unpaired) electrons. The lowest BCUT2D eigenvalue weighted by molar-refractivity contribution is -0.163. The third kappa shape index (κ3) is 15.4. The van der Waals surface area contributed by atoms with Gasteiger partial charge in [0.15, 0.2) is 6.10 Å². The summed E-state index contributed by atoms with van der Waals surface area (Å²) in [5.74, 6) is -2.34. The summed E-state index contributed by atoms with van der Waals surface area (Å²) in [7, 11) is 0. The first-order valence-electron chi connectivity index (χ1n) is 9.56. The molecule has 2 aromatic rings. The van der Waals surface area contributed by atoms with Crippen molar-refractivity contribution in [1.82, 2.24) is 0 Å². The van der Waals surface area contributed by atoms with Crippen molar-refractivity contribution >= 4 is 47.1 Å². The van der Waals surface area contributed by atoms with Crippen molar-refractivity contribution in [3.05, 3.63) is 58.6 Å². The van der Waals surface area contributed by atoms with E-state index in [0.29, 0.717) is 10.0 Å². The molecule has 0 aliphatic heterocycles. The predicted molar refractivity (Wildman–Crippen MR) is 124 cm³/mol. The SMILES string of the molecule is CC(=O)O.CC(=O)OCC(COC(C)=O)OC(C)=O.Clc1cccc(-c2ccccc2)c1Cl. The Bertz CT molecular complexity index is 894. The number of esters is 3. The molecule has 2 aromatic carbocycles. The molecule has 0 bridgehead atoms. The van der Waals surface area contributed by atoms with E-state index in [4.69, 9.17) is 37.8 Å². The van der Waals surface area contributed by atoms with Crippen LogP contribution in [0.25, 0.3) is 11.1 Å². The van der Waals surface area contributed by atoms with E-state index in [1.807, 2.05) is 42.5 Å². The summed E-state index contributed by atoms with van der Waals surface area (Å²) in [6.45, 7) is 4.52. The first kappa shape index (κ1) is 29.9. The Morgan fingerprint density at radius 1 is 0.788 bits per heavy atom. The summed E-state index contributed by atoms with van der Waals surface area (Å²) in [6.07, 6.45) is -0.754. The number of carboxylic acid groups (broad SMARTS) is 1. The van der Waals surface area contributed by atoms with Gasteiger partial charge in [-0.15, -0.1) is 0 Å². The first-order chi connectivity index (χ1) is 15.4. The third-order valence-electron chi connectivity index (χ3n) is 3.31. The summed E-state index contributed by atoms with van der Waals surface area (Å²) in [5, 5.41) is 8.62. The zero-order chi connectivity index (χ0) is 25.4. The van der Waals surface area contributed by atoms with E-state index in [9.17, 15) is 14.4 Å². The van der Waals surface area contributed by atoms with Gasteiger partial charge in [0.25, 0.3) is 5.97 Å². The predicted octanol–water partition coefficient (Wildman–Crippen LogP) is 4.80. The zero-order valence-corrected chi connectivity index (χ0v) is 20.2. The second-order valence-electron chi connectivity index (χ2n) is 6.32. The van der Waals surface area contributed by atoms with E-state index in [-0.39, 0.29) is 13.2 Å². The molecule has 0 aliphatic rings. The monoisotopic (exact) mass is 500 g/mol. The number of rotatable bonds is 6. The highest BCUT2D eigenvalue weighted by Crippen LogP contribution is 2.32. The maximum Gasteiger partial charge on any atom is 0.303 e. The molecule has 0 heterocycles. The molecule has 0 fully saturated rings. The number of hydrogen-bond acceptors (Lipinski definition) is 7. The zero-order valence-electron chi connectivity index (χ0n) is 18.7. The van der Waals surface area contributed by atoms with Gasteiger partial charge in [-0.3, -0.25) is 19.2 Å². The lowest BCUT2D eigenvalue weighted by Gasteiger charge is -2.15. The van der Waals surface area contributed by atoms with Crippen LogP contribution < -0.4 is 0 Å². The maximum atomic E-state index is 10.6. The van der Waals surface area contributed by atoms with E-state index in [0.717, 1.165) is 18.1 Å². The Kier molecular flexibility index (Phi) is 15.0. The fourth-order valence-electron chi connectivity index (χ4n) is 2.12. The minimum absolute atomic E-state index is 0.123. The third-order valence-corrected chi connectivity index (χ3v) is 4.13. The first-order valence-corrected chi connectivity index (χ1v) is 10.3. The number of benzene rings is 2. The fourth-order valence-corrected chi connectivity index (χ4v) is 2.53. The number of carbonyl (C=O) groups is 4. The van der Waals surface area contributed by atoms with Crippen molar-refractivity contribution in [3.63, 3.8) is 0 Å². The number of aliphatic carboxylic acids is 1. The Morgan fingerprint density at radius 3 is 1.70 bits per heavy atom. The van der Waals surface area contributed by atoms with E-state index in [2.05, 4.69) is 9.47 Å². The molecule has 8 nitrogen and oxygen atoms in total. The maximum absolute atomic E-state index is 10.6. The van der Waals surface area contributed by atoms with Gasteiger partial charge < -0.3 is 19.3 Å². The van der Waals surface area contributed by atoms with E-state index in [1.165, 1.54) is 20.8 Å². The quantitative estimate of drug-likeness (QED) is 0.444. The standard InChI is InChI=1S/C12H8Cl2.C9H14O6.C2H4O2/c13-11-8-4-7-10(12(11)14)9-5-2-1-3-6-9;1-6(10)13-4-9(15-8(3)12)5-14-7(2)11;1-2(3)4/h1-8H;9H,4-5H2,1-3H3;1H3,(H,3,4). The van der Waals surface area contributed by atoms with Gasteiger partial charge in [0.1, 0.15) is 13.2 Å². The second kappa shape index (κ2) is 16.5. The van der Waals surface area contributed by atoms with Gasteiger partial charge in [0.05, 0.1) is 10.0 Å². The summed E-state index contributed by atoms with van der Waals surface area (Å²) < 4.78 is 14.0. The van der Waals surface area contributed by atoms with Crippen LogP contribution in [0.4, 0.5) is 0 Å². The van der Waals surface area contributed by atoms with Crippen molar-refractivity contribution in [1.29, 1.82) is 0 Å². The Hall–Kier alpha value is -3.10. The summed E-state index contributed by atoms with van der Waals surface area (Å²) in [4.78, 5) is 40.6. The highest BCUT2D eigenvalue weighted by Gasteiger charge is 2.15. The summed E-state index contributed by atoms with van der Waals surface area (Å²) in [5.41, 5.74) is 2.06. The van der Waals surface area contributed by atoms with Gasteiger partial charge in [0, 0.05) is 33.3 Å². The lowest BCUT2D eigenvalue weighted by atomic mass is 10.1. The molecule has 0 aromatic heterocycles. The van der Waals surface area contributed by atoms with Crippen molar-refractivity contribution in [3.8, 4) is 11.1 Å². The Labute approximate surface area is 202 Å². The average Bonchev–Trinajstić information content (AvgIpc) is 2.72. The van der Waals surface area contributed by atoms with Crippen LogP contribution in [0.2, 0.25) is 10.0 Å². The molecule has 0 atom stereocenters.